The van der Waals surface area contributed by atoms with Crippen LogP contribution < -0.4 is 0 Å². The van der Waals surface area contributed by atoms with Gasteiger partial charge in [-0.1, -0.05) is 11.6 Å². The van der Waals surface area contributed by atoms with Gasteiger partial charge in [-0.05, 0) is 20.8 Å². The molecule has 0 fully saturated rings. The van der Waals surface area contributed by atoms with E-state index in [4.69, 9.17) is 5.11 Å². The average Bonchev–Trinajstić information content (AvgIpc) is 1.94. The van der Waals surface area contributed by atoms with Crippen molar-refractivity contribution >= 4 is 0 Å². The standard InChI is InChI=1S/C5H10.C2H6O.CH4O/c1-4-5(2)3;1-3-2;1-2/h4H,1-3H3;1-2H3;2H,1H3. The molecule has 0 aromatic carbocycles. The third kappa shape index (κ3) is 123. The molecule has 0 bridgehead atoms. The van der Waals surface area contributed by atoms with Gasteiger partial charge in [0.05, 0.1) is 0 Å². The number of aliphatic hydroxyl groups is 1. The first-order chi connectivity index (χ1) is 4.68. The van der Waals surface area contributed by atoms with Gasteiger partial charge in [0, 0.05) is 21.3 Å². The van der Waals surface area contributed by atoms with Crippen molar-refractivity contribution in [2.75, 3.05) is 21.3 Å². The Morgan fingerprint density at radius 3 is 1.30 bits per heavy atom. The third-order valence-corrected chi connectivity index (χ3v) is 0.577. The summed E-state index contributed by atoms with van der Waals surface area (Å²) in [5.74, 6) is 0. The van der Waals surface area contributed by atoms with Crippen molar-refractivity contribution in [3.05, 3.63) is 11.6 Å². The lowest BCUT2D eigenvalue weighted by Gasteiger charge is -1.74. The maximum atomic E-state index is 7.00. The number of hydrogen-bond donors (Lipinski definition) is 1. The monoisotopic (exact) mass is 148 g/mol. The molecule has 1 N–H and O–H groups in total. The summed E-state index contributed by atoms with van der Waals surface area (Å²) >= 11 is 0. The van der Waals surface area contributed by atoms with Crippen molar-refractivity contribution in [2.45, 2.75) is 20.8 Å². The molecule has 10 heavy (non-hydrogen) atoms. The van der Waals surface area contributed by atoms with Crippen LogP contribution in [0.25, 0.3) is 0 Å². The molecule has 2 heteroatoms. The van der Waals surface area contributed by atoms with Crippen molar-refractivity contribution in [3.8, 4) is 0 Å². The molecule has 0 amide bonds. The number of hydrogen-bond acceptors (Lipinski definition) is 2. The van der Waals surface area contributed by atoms with Gasteiger partial charge in [-0.25, -0.2) is 0 Å². The second-order valence-corrected chi connectivity index (χ2v) is 1.77. The molecule has 0 unspecified atom stereocenters. The Bertz CT molecular complexity index is 54.3. The van der Waals surface area contributed by atoms with Crippen LogP contribution in [0.2, 0.25) is 0 Å². The highest BCUT2D eigenvalue weighted by molar-refractivity contribution is 4.88. The van der Waals surface area contributed by atoms with Crippen LogP contribution in [0.1, 0.15) is 20.8 Å². The Kier molecular flexibility index (Phi) is 38.2. The topological polar surface area (TPSA) is 29.5 Å². The van der Waals surface area contributed by atoms with Crippen LogP contribution in [0.4, 0.5) is 0 Å². The lowest BCUT2D eigenvalue weighted by atomic mass is 10.3. The van der Waals surface area contributed by atoms with Gasteiger partial charge in [0.1, 0.15) is 0 Å². The fourth-order valence-electron chi connectivity index (χ4n) is 0. The summed E-state index contributed by atoms with van der Waals surface area (Å²) in [6.07, 6.45) is 2.08. The summed E-state index contributed by atoms with van der Waals surface area (Å²) in [6.45, 7) is 6.20. The van der Waals surface area contributed by atoms with Crippen molar-refractivity contribution in [1.82, 2.24) is 0 Å². The van der Waals surface area contributed by atoms with Crippen molar-refractivity contribution in [1.29, 1.82) is 0 Å². The van der Waals surface area contributed by atoms with Crippen LogP contribution in [-0.2, 0) is 4.74 Å². The fraction of sp³-hybridized carbons (Fsp3) is 0.750. The molecule has 0 radical (unpaired) electrons. The summed E-state index contributed by atoms with van der Waals surface area (Å²) in [5, 5.41) is 7.00. The van der Waals surface area contributed by atoms with E-state index in [9.17, 15) is 0 Å². The number of ether oxygens (including phenoxy) is 1. The van der Waals surface area contributed by atoms with Gasteiger partial charge in [0.25, 0.3) is 0 Å². The minimum Gasteiger partial charge on any atom is -0.400 e. The van der Waals surface area contributed by atoms with Gasteiger partial charge in [-0.2, -0.15) is 0 Å². The van der Waals surface area contributed by atoms with Crippen LogP contribution in [-0.4, -0.2) is 26.4 Å². The van der Waals surface area contributed by atoms with E-state index in [1.165, 1.54) is 5.57 Å². The zero-order chi connectivity index (χ0) is 8.99. The summed E-state index contributed by atoms with van der Waals surface area (Å²) in [4.78, 5) is 0. The van der Waals surface area contributed by atoms with Crippen molar-refractivity contribution in [2.24, 2.45) is 0 Å². The first kappa shape index (κ1) is 16.3. The Morgan fingerprint density at radius 1 is 1.20 bits per heavy atom. The quantitative estimate of drug-likeness (QED) is 0.531. The molecule has 0 heterocycles. The van der Waals surface area contributed by atoms with Gasteiger partial charge in [0.2, 0.25) is 0 Å². The average molecular weight is 148 g/mol. The number of aliphatic hydroxyl groups excluding tert-OH is 1. The zero-order valence-electron chi connectivity index (χ0n) is 7.93. The molecular formula is C8H20O2. The molecule has 64 valence electrons. The number of rotatable bonds is 0. The van der Waals surface area contributed by atoms with Crippen LogP contribution in [0.15, 0.2) is 11.6 Å². The zero-order valence-corrected chi connectivity index (χ0v) is 7.93. The fourth-order valence-corrected chi connectivity index (χ4v) is 0. The number of methoxy groups -OCH3 is 1. The second-order valence-electron chi connectivity index (χ2n) is 1.77. The van der Waals surface area contributed by atoms with Crippen molar-refractivity contribution in [3.63, 3.8) is 0 Å². The molecule has 0 aliphatic carbocycles. The van der Waals surface area contributed by atoms with E-state index in [1.807, 2.05) is 6.92 Å². The molecule has 0 aromatic heterocycles. The van der Waals surface area contributed by atoms with E-state index in [2.05, 4.69) is 24.7 Å². The smallest absolute Gasteiger partial charge is 0.0351 e. The third-order valence-electron chi connectivity index (χ3n) is 0.577. The highest BCUT2D eigenvalue weighted by Crippen LogP contribution is 1.82. The van der Waals surface area contributed by atoms with E-state index >= 15 is 0 Å². The second kappa shape index (κ2) is 23.4. The highest BCUT2D eigenvalue weighted by atomic mass is 16.4. The normalized spacial score (nSPS) is 5.90. The lowest BCUT2D eigenvalue weighted by molar-refractivity contribution is 0.277. The molecule has 0 aliphatic rings. The predicted molar refractivity (Wildman–Crippen MR) is 46.2 cm³/mol. The largest absolute Gasteiger partial charge is 0.400 e. The molecule has 0 rings (SSSR count). The molecule has 0 aromatic rings. The maximum Gasteiger partial charge on any atom is 0.0351 e. The highest BCUT2D eigenvalue weighted by Gasteiger charge is 1.60. The molecule has 0 aliphatic heterocycles. The van der Waals surface area contributed by atoms with Crippen LogP contribution in [0.5, 0.6) is 0 Å². The number of allylic oxidation sites excluding steroid dienone is 2. The van der Waals surface area contributed by atoms with E-state index in [0.717, 1.165) is 7.11 Å². The summed E-state index contributed by atoms with van der Waals surface area (Å²) in [7, 11) is 4.25. The lowest BCUT2D eigenvalue weighted by Crippen LogP contribution is -1.55. The van der Waals surface area contributed by atoms with Crippen LogP contribution in [0, 0.1) is 0 Å². The first-order valence-corrected chi connectivity index (χ1v) is 3.13. The van der Waals surface area contributed by atoms with Gasteiger partial charge in [0.15, 0.2) is 0 Å². The van der Waals surface area contributed by atoms with Gasteiger partial charge >= 0.3 is 0 Å². The SMILES string of the molecule is CC=C(C)C.CO.COC. The molecule has 0 spiro atoms. The Labute approximate surface area is 64.5 Å². The minimum absolute atomic E-state index is 1.00. The Hall–Kier alpha value is -0.340. The Morgan fingerprint density at radius 2 is 1.30 bits per heavy atom. The van der Waals surface area contributed by atoms with Crippen molar-refractivity contribution < 1.29 is 9.84 Å². The first-order valence-electron chi connectivity index (χ1n) is 3.13. The summed E-state index contributed by atoms with van der Waals surface area (Å²) < 4.78 is 4.25. The molecule has 0 saturated carbocycles. The van der Waals surface area contributed by atoms with E-state index in [0.29, 0.717) is 0 Å². The van der Waals surface area contributed by atoms with E-state index in [1.54, 1.807) is 14.2 Å². The molecule has 0 atom stereocenters. The maximum absolute atomic E-state index is 7.00. The molecular weight excluding hydrogens is 128 g/mol. The van der Waals surface area contributed by atoms with Crippen LogP contribution >= 0.6 is 0 Å². The molecule has 2 nitrogen and oxygen atoms in total. The van der Waals surface area contributed by atoms with Crippen LogP contribution in [0.3, 0.4) is 0 Å². The summed E-state index contributed by atoms with van der Waals surface area (Å²) in [5.41, 5.74) is 1.38. The predicted octanol–water partition coefficient (Wildman–Crippen LogP) is 1.84. The van der Waals surface area contributed by atoms with Gasteiger partial charge < -0.3 is 9.84 Å². The van der Waals surface area contributed by atoms with E-state index < -0.39 is 0 Å². The Balaban J connectivity index is -0.0000000847. The van der Waals surface area contributed by atoms with E-state index in [-0.39, 0.29) is 0 Å². The summed E-state index contributed by atoms with van der Waals surface area (Å²) in [6, 6.07) is 0. The minimum atomic E-state index is 1.00. The van der Waals surface area contributed by atoms with Gasteiger partial charge in [-0.3, -0.25) is 0 Å². The van der Waals surface area contributed by atoms with Gasteiger partial charge in [-0.15, -0.1) is 0 Å². The molecule has 0 saturated heterocycles.